The number of anilines is 1. The van der Waals surface area contributed by atoms with Crippen LogP contribution >= 0.6 is 0 Å². The Balaban J connectivity index is 1.40. The van der Waals surface area contributed by atoms with Gasteiger partial charge in [-0.2, -0.15) is 0 Å². The van der Waals surface area contributed by atoms with Crippen molar-refractivity contribution in [3.8, 4) is 5.75 Å². The van der Waals surface area contributed by atoms with Gasteiger partial charge in [0.25, 0.3) is 0 Å². The fourth-order valence-electron chi connectivity index (χ4n) is 3.27. The third-order valence-corrected chi connectivity index (χ3v) is 4.30. The van der Waals surface area contributed by atoms with Crippen LogP contribution in [0.5, 0.6) is 5.75 Å². The Hall–Kier alpha value is -2.21. The minimum Gasteiger partial charge on any atom is -0.486 e. The van der Waals surface area contributed by atoms with Gasteiger partial charge in [-0.1, -0.05) is 0 Å². The third-order valence-electron chi connectivity index (χ3n) is 4.30. The second-order valence-corrected chi connectivity index (χ2v) is 5.86. The van der Waals surface area contributed by atoms with E-state index in [1.807, 2.05) is 12.1 Å². The van der Waals surface area contributed by atoms with E-state index in [1.165, 1.54) is 0 Å². The first kappa shape index (κ1) is 13.5. The first-order chi connectivity index (χ1) is 10.8. The van der Waals surface area contributed by atoms with Crippen molar-refractivity contribution in [1.82, 2.24) is 15.0 Å². The van der Waals surface area contributed by atoms with E-state index >= 15 is 0 Å². The number of rotatable bonds is 3. The van der Waals surface area contributed by atoms with E-state index in [9.17, 15) is 0 Å². The standard InChI is InChI=1S/C16H18N4O2/c1-2-13(9-17-4-1)22-14-8-16(21-11-14)3-7-20(12-16)15-10-18-5-6-19-15/h1-2,4-6,9-10,14H,3,7-8,11-12H2/t14-,16+/m0/s1. The van der Waals surface area contributed by atoms with Crippen molar-refractivity contribution in [2.75, 3.05) is 24.6 Å². The van der Waals surface area contributed by atoms with Crippen molar-refractivity contribution < 1.29 is 9.47 Å². The second-order valence-electron chi connectivity index (χ2n) is 5.86. The molecule has 6 nitrogen and oxygen atoms in total. The molecule has 0 N–H and O–H groups in total. The number of nitrogens with zero attached hydrogens (tertiary/aromatic N) is 4. The lowest BCUT2D eigenvalue weighted by atomic mass is 9.98. The third kappa shape index (κ3) is 2.62. The quantitative estimate of drug-likeness (QED) is 0.859. The van der Waals surface area contributed by atoms with Gasteiger partial charge in [-0.05, 0) is 18.6 Å². The molecule has 0 bridgehead atoms. The summed E-state index contributed by atoms with van der Waals surface area (Å²) in [4.78, 5) is 14.8. The molecule has 6 heteroatoms. The Morgan fingerprint density at radius 1 is 1.23 bits per heavy atom. The summed E-state index contributed by atoms with van der Waals surface area (Å²) in [6, 6.07) is 3.81. The summed E-state index contributed by atoms with van der Waals surface area (Å²) in [6.45, 7) is 2.42. The maximum absolute atomic E-state index is 6.10. The smallest absolute Gasteiger partial charge is 0.147 e. The molecule has 0 aromatic carbocycles. The molecule has 0 saturated carbocycles. The Bertz CT molecular complexity index is 625. The summed E-state index contributed by atoms with van der Waals surface area (Å²) in [5.41, 5.74) is -0.121. The summed E-state index contributed by atoms with van der Waals surface area (Å²) >= 11 is 0. The van der Waals surface area contributed by atoms with Crippen LogP contribution in [-0.2, 0) is 4.74 Å². The highest BCUT2D eigenvalue weighted by molar-refractivity contribution is 5.38. The molecule has 0 radical (unpaired) electrons. The fourth-order valence-corrected chi connectivity index (χ4v) is 3.27. The van der Waals surface area contributed by atoms with Crippen LogP contribution in [0.4, 0.5) is 5.82 Å². The van der Waals surface area contributed by atoms with Crippen LogP contribution in [0.15, 0.2) is 43.1 Å². The molecule has 4 rings (SSSR count). The summed E-state index contributed by atoms with van der Waals surface area (Å²) in [6.07, 6.45) is 10.7. The minimum atomic E-state index is -0.121. The molecule has 0 unspecified atom stereocenters. The molecule has 2 saturated heterocycles. The predicted molar refractivity (Wildman–Crippen MR) is 80.8 cm³/mol. The van der Waals surface area contributed by atoms with Gasteiger partial charge in [0.05, 0.1) is 24.6 Å². The number of aromatic nitrogens is 3. The molecule has 2 fully saturated rings. The van der Waals surface area contributed by atoms with Crippen molar-refractivity contribution in [3.63, 3.8) is 0 Å². The van der Waals surface area contributed by atoms with Gasteiger partial charge in [0.15, 0.2) is 0 Å². The van der Waals surface area contributed by atoms with Gasteiger partial charge in [-0.3, -0.25) is 9.97 Å². The second kappa shape index (κ2) is 5.53. The van der Waals surface area contributed by atoms with Crippen LogP contribution < -0.4 is 9.64 Å². The first-order valence-electron chi connectivity index (χ1n) is 7.55. The van der Waals surface area contributed by atoms with E-state index in [0.717, 1.165) is 37.5 Å². The molecule has 0 aliphatic carbocycles. The van der Waals surface area contributed by atoms with Crippen LogP contribution in [0.2, 0.25) is 0 Å². The lowest BCUT2D eigenvalue weighted by Crippen LogP contribution is -2.33. The van der Waals surface area contributed by atoms with Crippen LogP contribution in [0, 0.1) is 0 Å². The molecule has 2 aliphatic rings. The van der Waals surface area contributed by atoms with Crippen LogP contribution in [0.1, 0.15) is 12.8 Å². The topological polar surface area (TPSA) is 60.4 Å². The van der Waals surface area contributed by atoms with Crippen molar-refractivity contribution in [3.05, 3.63) is 43.1 Å². The van der Waals surface area contributed by atoms with Gasteiger partial charge < -0.3 is 14.4 Å². The van der Waals surface area contributed by atoms with Gasteiger partial charge in [0.1, 0.15) is 17.7 Å². The van der Waals surface area contributed by atoms with E-state index in [1.54, 1.807) is 31.0 Å². The van der Waals surface area contributed by atoms with Gasteiger partial charge in [-0.15, -0.1) is 0 Å². The zero-order valence-corrected chi connectivity index (χ0v) is 12.3. The molecule has 114 valence electrons. The molecule has 4 heterocycles. The zero-order chi connectivity index (χ0) is 14.8. The molecule has 2 aromatic rings. The number of hydrogen-bond donors (Lipinski definition) is 0. The monoisotopic (exact) mass is 298 g/mol. The summed E-state index contributed by atoms with van der Waals surface area (Å²) in [5.74, 6) is 1.72. The SMILES string of the molecule is c1cncc(O[C@@H]2CO[C@]3(CCN(c4cnccn4)C3)C2)c1. The van der Waals surface area contributed by atoms with Crippen molar-refractivity contribution in [2.24, 2.45) is 0 Å². The van der Waals surface area contributed by atoms with Gasteiger partial charge >= 0.3 is 0 Å². The largest absolute Gasteiger partial charge is 0.486 e. The molecule has 2 atom stereocenters. The van der Waals surface area contributed by atoms with Crippen LogP contribution in [0.25, 0.3) is 0 Å². The van der Waals surface area contributed by atoms with E-state index in [-0.39, 0.29) is 11.7 Å². The Morgan fingerprint density at radius 2 is 2.18 bits per heavy atom. The highest BCUT2D eigenvalue weighted by Crippen LogP contribution is 2.37. The summed E-state index contributed by atoms with van der Waals surface area (Å²) in [5, 5.41) is 0. The van der Waals surface area contributed by atoms with Gasteiger partial charge in [0.2, 0.25) is 0 Å². The average Bonchev–Trinajstić information content (AvgIpc) is 3.17. The summed E-state index contributed by atoms with van der Waals surface area (Å²) < 4.78 is 12.1. The lowest BCUT2D eigenvalue weighted by molar-refractivity contribution is 0.0195. The number of ether oxygens (including phenoxy) is 2. The highest BCUT2D eigenvalue weighted by atomic mass is 16.6. The minimum absolute atomic E-state index is 0.0889. The molecular weight excluding hydrogens is 280 g/mol. The molecule has 2 aliphatic heterocycles. The number of pyridine rings is 1. The summed E-state index contributed by atoms with van der Waals surface area (Å²) in [7, 11) is 0. The Morgan fingerprint density at radius 3 is 3.00 bits per heavy atom. The molecule has 1 spiro atoms. The van der Waals surface area contributed by atoms with E-state index in [4.69, 9.17) is 9.47 Å². The van der Waals surface area contributed by atoms with Crippen molar-refractivity contribution >= 4 is 5.82 Å². The predicted octanol–water partition coefficient (Wildman–Crippen LogP) is 1.69. The van der Waals surface area contributed by atoms with Crippen LogP contribution in [-0.4, -0.2) is 46.4 Å². The Labute approximate surface area is 129 Å². The maximum atomic E-state index is 6.10. The van der Waals surface area contributed by atoms with E-state index in [0.29, 0.717) is 6.61 Å². The molecule has 2 aromatic heterocycles. The van der Waals surface area contributed by atoms with Crippen molar-refractivity contribution in [2.45, 2.75) is 24.5 Å². The normalized spacial score (nSPS) is 27.5. The number of hydrogen-bond acceptors (Lipinski definition) is 6. The molecule has 0 amide bonds. The Kier molecular flexibility index (Phi) is 3.38. The molecule has 22 heavy (non-hydrogen) atoms. The van der Waals surface area contributed by atoms with Gasteiger partial charge in [-0.25, -0.2) is 4.98 Å². The van der Waals surface area contributed by atoms with E-state index < -0.39 is 0 Å². The highest BCUT2D eigenvalue weighted by Gasteiger charge is 2.46. The maximum Gasteiger partial charge on any atom is 0.147 e. The zero-order valence-electron chi connectivity index (χ0n) is 12.3. The lowest BCUT2D eigenvalue weighted by Gasteiger charge is -2.23. The average molecular weight is 298 g/mol. The van der Waals surface area contributed by atoms with Crippen molar-refractivity contribution in [1.29, 1.82) is 0 Å². The molecular formula is C16H18N4O2. The fraction of sp³-hybridized carbons (Fsp3) is 0.438. The van der Waals surface area contributed by atoms with E-state index in [2.05, 4.69) is 19.9 Å². The van der Waals surface area contributed by atoms with Crippen LogP contribution in [0.3, 0.4) is 0 Å². The first-order valence-corrected chi connectivity index (χ1v) is 7.55. The van der Waals surface area contributed by atoms with Gasteiger partial charge in [0, 0.05) is 38.1 Å².